The first-order chi connectivity index (χ1) is 14.0. The fourth-order valence-electron chi connectivity index (χ4n) is 4.15. The maximum absolute atomic E-state index is 14.9. The number of pyridine rings is 1. The number of carbonyl (C=O) groups excluding carboxylic acids is 1. The van der Waals surface area contributed by atoms with Crippen molar-refractivity contribution in [3.05, 3.63) is 59.2 Å². The van der Waals surface area contributed by atoms with E-state index >= 15 is 0 Å². The first kappa shape index (κ1) is 19.4. The topological polar surface area (TPSA) is 104 Å². The summed E-state index contributed by atoms with van der Waals surface area (Å²) in [5.41, 5.74) is 6.86. The number of amidine groups is 1. The van der Waals surface area contributed by atoms with Crippen molar-refractivity contribution in [1.82, 2.24) is 4.98 Å². The number of carbonyl (C=O) groups is 1. The number of nitrogens with one attached hydrogen (secondary N) is 1. The van der Waals surface area contributed by atoms with Crippen molar-refractivity contribution in [3.63, 3.8) is 0 Å². The number of nitrogens with zero attached hydrogens (tertiary/aromatic N) is 3. The number of thioether (sulfide) groups is 1. The Balaban J connectivity index is 1.66. The predicted octanol–water partition coefficient (Wildman–Crippen LogP) is 3.79. The minimum atomic E-state index is -0.675. The van der Waals surface area contributed by atoms with E-state index in [1.807, 2.05) is 6.07 Å². The van der Waals surface area contributed by atoms with Gasteiger partial charge >= 0.3 is 0 Å². The second-order valence-corrected chi connectivity index (χ2v) is 8.36. The average Bonchev–Trinajstić information content (AvgIpc) is 2.74. The number of benzene rings is 1. The monoisotopic (exact) mass is 409 g/mol. The predicted molar refractivity (Wildman–Crippen MR) is 111 cm³/mol. The molecule has 2 atom stereocenters. The van der Waals surface area contributed by atoms with Crippen molar-refractivity contribution in [2.45, 2.75) is 31.2 Å². The number of aromatic nitrogens is 1. The highest BCUT2D eigenvalue weighted by atomic mass is 32.2. The van der Waals surface area contributed by atoms with Crippen LogP contribution in [0.5, 0.6) is 0 Å². The molecule has 0 spiro atoms. The van der Waals surface area contributed by atoms with E-state index in [2.05, 4.69) is 10.3 Å². The highest BCUT2D eigenvalue weighted by molar-refractivity contribution is 8.13. The van der Waals surface area contributed by atoms with Crippen LogP contribution in [0.1, 0.15) is 47.3 Å². The Bertz CT molecular complexity index is 1020. The molecule has 4 rings (SSSR count). The van der Waals surface area contributed by atoms with Crippen LogP contribution in [-0.4, -0.2) is 21.8 Å². The first-order valence-electron chi connectivity index (χ1n) is 9.47. The maximum Gasteiger partial charge on any atom is 0.274 e. The largest absolute Gasteiger partial charge is 0.379 e. The zero-order valence-electron chi connectivity index (χ0n) is 15.7. The van der Waals surface area contributed by atoms with Gasteiger partial charge in [-0.05, 0) is 49.1 Å². The zero-order chi connectivity index (χ0) is 20.4. The number of nitrogens with two attached hydrogens (primary N) is 1. The third kappa shape index (κ3) is 3.70. The molecule has 2 aliphatic rings. The summed E-state index contributed by atoms with van der Waals surface area (Å²) < 4.78 is 14.9. The van der Waals surface area contributed by atoms with Crippen LogP contribution in [0.15, 0.2) is 41.5 Å². The number of amides is 1. The molecule has 1 aliphatic heterocycles. The Morgan fingerprint density at radius 3 is 2.97 bits per heavy atom. The fourth-order valence-corrected chi connectivity index (χ4v) is 5.19. The highest BCUT2D eigenvalue weighted by Crippen LogP contribution is 2.50. The molecule has 0 radical (unpaired) electrons. The summed E-state index contributed by atoms with van der Waals surface area (Å²) in [6.07, 6.45) is 5.13. The third-order valence-electron chi connectivity index (χ3n) is 5.59. The van der Waals surface area contributed by atoms with E-state index in [1.54, 1.807) is 6.07 Å². The normalized spacial score (nSPS) is 23.4. The van der Waals surface area contributed by atoms with Crippen LogP contribution < -0.4 is 11.1 Å². The van der Waals surface area contributed by atoms with E-state index in [0.717, 1.165) is 31.4 Å². The molecule has 1 aromatic heterocycles. The Morgan fingerprint density at radius 1 is 1.34 bits per heavy atom. The van der Waals surface area contributed by atoms with E-state index in [-0.39, 0.29) is 17.4 Å². The number of anilines is 1. The van der Waals surface area contributed by atoms with Gasteiger partial charge in [0.15, 0.2) is 5.17 Å². The number of aliphatic imine (C=N–C) groups is 1. The summed E-state index contributed by atoms with van der Waals surface area (Å²) in [6.45, 7) is 0. The number of hydrogen-bond acceptors (Lipinski definition) is 6. The van der Waals surface area contributed by atoms with Crippen molar-refractivity contribution in [3.8, 4) is 6.07 Å². The van der Waals surface area contributed by atoms with Crippen LogP contribution in [0.4, 0.5) is 10.1 Å². The van der Waals surface area contributed by atoms with E-state index in [1.165, 1.54) is 42.2 Å². The quantitative estimate of drug-likeness (QED) is 0.803. The van der Waals surface area contributed by atoms with Gasteiger partial charge in [0.05, 0.1) is 11.1 Å². The fraction of sp³-hybridized carbons (Fsp3) is 0.333. The maximum atomic E-state index is 14.9. The molecule has 1 fully saturated rings. The van der Waals surface area contributed by atoms with Crippen molar-refractivity contribution >= 4 is 28.5 Å². The molecule has 29 heavy (non-hydrogen) atoms. The lowest BCUT2D eigenvalue weighted by molar-refractivity contribution is 0.102. The number of halogens is 1. The second-order valence-electron chi connectivity index (χ2n) is 7.32. The zero-order valence-corrected chi connectivity index (χ0v) is 16.5. The van der Waals surface area contributed by atoms with Crippen molar-refractivity contribution in [1.29, 1.82) is 5.26 Å². The van der Waals surface area contributed by atoms with Crippen molar-refractivity contribution in [2.24, 2.45) is 16.6 Å². The summed E-state index contributed by atoms with van der Waals surface area (Å²) in [5, 5.41) is 12.1. The lowest BCUT2D eigenvalue weighted by Gasteiger charge is -2.44. The van der Waals surface area contributed by atoms with Crippen molar-refractivity contribution < 1.29 is 9.18 Å². The minimum Gasteiger partial charge on any atom is -0.379 e. The Labute approximate surface area is 172 Å². The molecule has 2 aromatic rings. The number of rotatable bonds is 3. The average molecular weight is 409 g/mol. The molecule has 6 nitrogen and oxygen atoms in total. The van der Waals surface area contributed by atoms with E-state index < -0.39 is 11.4 Å². The molecular weight excluding hydrogens is 389 g/mol. The highest BCUT2D eigenvalue weighted by Gasteiger charge is 2.46. The van der Waals surface area contributed by atoms with Gasteiger partial charge in [0.1, 0.15) is 17.6 Å². The molecule has 0 unspecified atom stereocenters. The lowest BCUT2D eigenvalue weighted by Crippen LogP contribution is -2.43. The van der Waals surface area contributed by atoms with Crippen LogP contribution in [0.2, 0.25) is 0 Å². The van der Waals surface area contributed by atoms with Gasteiger partial charge in [-0.3, -0.25) is 9.79 Å². The summed E-state index contributed by atoms with van der Waals surface area (Å²) in [6, 6.07) is 9.54. The SMILES string of the molecule is N#Cc1ccc(C(=O)Nc2ccc(F)c([C@]34CCCC[C@H]3CSC(N)=N4)c2)nc1. The van der Waals surface area contributed by atoms with Crippen LogP contribution in [0.25, 0.3) is 0 Å². The Kier molecular flexibility index (Phi) is 5.24. The van der Waals surface area contributed by atoms with Crippen LogP contribution in [0.3, 0.4) is 0 Å². The van der Waals surface area contributed by atoms with E-state index in [4.69, 9.17) is 16.0 Å². The second kappa shape index (κ2) is 7.84. The van der Waals surface area contributed by atoms with Gasteiger partial charge < -0.3 is 11.1 Å². The molecule has 8 heteroatoms. The summed E-state index contributed by atoms with van der Waals surface area (Å²) in [4.78, 5) is 21.2. The van der Waals surface area contributed by atoms with Crippen LogP contribution in [0, 0.1) is 23.1 Å². The molecule has 1 amide bonds. The Morgan fingerprint density at radius 2 is 2.21 bits per heavy atom. The molecule has 0 saturated heterocycles. The number of fused-ring (bicyclic) bond motifs is 1. The first-order valence-corrected chi connectivity index (χ1v) is 10.5. The molecule has 3 N–H and O–H groups in total. The van der Waals surface area contributed by atoms with Gasteiger partial charge in [-0.2, -0.15) is 5.26 Å². The standard InChI is InChI=1S/C21H20FN5OS/c22-17-6-5-15(26-19(28)18-7-4-13(10-23)11-25-18)9-16(17)21-8-2-1-3-14(21)12-29-20(24)27-21/h4-7,9,11,14H,1-3,8,12H2,(H2,24,27)(H,26,28)/t14-,21-/m0/s1. The van der Waals surface area contributed by atoms with Gasteiger partial charge in [0.2, 0.25) is 0 Å². The van der Waals surface area contributed by atoms with E-state index in [9.17, 15) is 9.18 Å². The van der Waals surface area contributed by atoms with E-state index in [0.29, 0.717) is 22.0 Å². The third-order valence-corrected chi connectivity index (χ3v) is 6.55. The van der Waals surface area contributed by atoms with Gasteiger partial charge in [-0.25, -0.2) is 9.37 Å². The molecular formula is C21H20FN5OS. The summed E-state index contributed by atoms with van der Waals surface area (Å²) >= 11 is 1.52. The molecule has 148 valence electrons. The molecule has 2 heterocycles. The van der Waals surface area contributed by atoms with Gasteiger partial charge in [-0.15, -0.1) is 0 Å². The molecule has 1 aliphatic carbocycles. The van der Waals surface area contributed by atoms with Crippen LogP contribution >= 0.6 is 11.8 Å². The lowest BCUT2D eigenvalue weighted by atomic mass is 9.69. The smallest absolute Gasteiger partial charge is 0.274 e. The number of hydrogen-bond donors (Lipinski definition) is 2. The molecule has 0 bridgehead atoms. The molecule has 1 saturated carbocycles. The van der Waals surface area contributed by atoms with Crippen molar-refractivity contribution in [2.75, 3.05) is 11.1 Å². The van der Waals surface area contributed by atoms with Gasteiger partial charge in [0, 0.05) is 23.2 Å². The summed E-state index contributed by atoms with van der Waals surface area (Å²) in [5.74, 6) is 0.275. The Hall–Kier alpha value is -2.92. The van der Waals surface area contributed by atoms with Crippen LogP contribution in [-0.2, 0) is 5.54 Å². The minimum absolute atomic E-state index is 0.180. The summed E-state index contributed by atoms with van der Waals surface area (Å²) in [7, 11) is 0. The van der Waals surface area contributed by atoms with Gasteiger partial charge in [0.25, 0.3) is 5.91 Å². The number of nitriles is 1. The molecule has 1 aromatic carbocycles. The van der Waals surface area contributed by atoms with Gasteiger partial charge in [-0.1, -0.05) is 24.6 Å².